The molecule has 0 aliphatic carbocycles. The fourth-order valence-corrected chi connectivity index (χ4v) is 4.06. The number of aromatic nitrogens is 3. The monoisotopic (exact) mass is 482 g/mol. The Morgan fingerprint density at radius 3 is 2.66 bits per heavy atom. The number of anilines is 2. The third-order valence-electron chi connectivity index (χ3n) is 5.87. The zero-order valence-electron chi connectivity index (χ0n) is 20.0. The lowest BCUT2D eigenvalue weighted by Crippen LogP contribution is -2.37. The van der Waals surface area contributed by atoms with Crippen LogP contribution >= 0.6 is 0 Å². The molecule has 3 heterocycles. The second-order valence-electron chi connectivity index (χ2n) is 8.09. The summed E-state index contributed by atoms with van der Waals surface area (Å²) in [5.41, 5.74) is 5.38. The van der Waals surface area contributed by atoms with Crippen molar-refractivity contribution < 1.29 is 19.0 Å². The second-order valence-corrected chi connectivity index (χ2v) is 8.09. The number of pyridine rings is 1. The van der Waals surface area contributed by atoms with Crippen LogP contribution in [0.1, 0.15) is 23.8 Å². The van der Waals surface area contributed by atoms with Gasteiger partial charge in [0.05, 0.1) is 32.3 Å². The van der Waals surface area contributed by atoms with Gasteiger partial charge in [-0.15, -0.1) is 10.2 Å². The minimum absolute atomic E-state index is 0.0821. The summed E-state index contributed by atoms with van der Waals surface area (Å²) in [4.78, 5) is 28.3. The van der Waals surface area contributed by atoms with Gasteiger partial charge in [-0.3, -0.25) is 19.1 Å². The van der Waals surface area contributed by atoms with Crippen LogP contribution in [0.25, 0.3) is 10.8 Å². The van der Waals surface area contributed by atoms with Crippen LogP contribution in [-0.2, 0) is 11.3 Å². The average Bonchev–Trinajstić information content (AvgIpc) is 2.87. The van der Waals surface area contributed by atoms with E-state index in [9.17, 15) is 9.59 Å². The number of carbonyl (C=O) groups is 1. The first-order valence-corrected chi connectivity index (χ1v) is 11.6. The average molecular weight is 483 g/mol. The Hall–Kier alpha value is -3.70. The molecular formula is C24H30N6O5. The number of ether oxygens (including phenoxy) is 3. The molecule has 1 fully saturated rings. The summed E-state index contributed by atoms with van der Waals surface area (Å²) in [6.45, 7) is 7.00. The Bertz CT molecular complexity index is 1240. The number of rotatable bonds is 9. The Kier molecular flexibility index (Phi) is 7.78. The van der Waals surface area contributed by atoms with Crippen LogP contribution in [0.2, 0.25) is 0 Å². The first kappa shape index (κ1) is 24.4. The topological polar surface area (TPSA) is 134 Å². The Morgan fingerprint density at radius 1 is 1.17 bits per heavy atom. The minimum atomic E-state index is -0.507. The highest BCUT2D eigenvalue weighted by atomic mass is 16.5. The van der Waals surface area contributed by atoms with Gasteiger partial charge in [0.25, 0.3) is 11.5 Å². The molecule has 0 unspecified atom stereocenters. The van der Waals surface area contributed by atoms with Crippen molar-refractivity contribution in [3.63, 3.8) is 0 Å². The van der Waals surface area contributed by atoms with E-state index in [-0.39, 0.29) is 17.1 Å². The van der Waals surface area contributed by atoms with E-state index < -0.39 is 5.91 Å². The maximum atomic E-state index is 13.2. The predicted molar refractivity (Wildman–Crippen MR) is 132 cm³/mol. The molecule has 11 heteroatoms. The summed E-state index contributed by atoms with van der Waals surface area (Å²) in [5.74, 6) is 0.999. The minimum Gasteiger partial charge on any atom is -0.492 e. The second kappa shape index (κ2) is 11.2. The van der Waals surface area contributed by atoms with Gasteiger partial charge in [-0.25, -0.2) is 0 Å². The lowest BCUT2D eigenvalue weighted by Gasteiger charge is -2.26. The van der Waals surface area contributed by atoms with Gasteiger partial charge < -0.3 is 25.3 Å². The molecular weight excluding hydrogens is 452 g/mol. The molecule has 3 N–H and O–H groups in total. The van der Waals surface area contributed by atoms with Gasteiger partial charge in [-0.1, -0.05) is 0 Å². The Labute approximate surface area is 202 Å². The first-order chi connectivity index (χ1) is 17.0. The fourth-order valence-electron chi connectivity index (χ4n) is 4.06. The van der Waals surface area contributed by atoms with Crippen molar-refractivity contribution >= 4 is 28.3 Å². The van der Waals surface area contributed by atoms with Crippen LogP contribution in [0, 0.1) is 0 Å². The van der Waals surface area contributed by atoms with Gasteiger partial charge in [0, 0.05) is 31.6 Å². The third-order valence-corrected chi connectivity index (χ3v) is 5.87. The maximum Gasteiger partial charge on any atom is 0.277 e. The van der Waals surface area contributed by atoms with E-state index in [1.807, 2.05) is 6.92 Å². The number of carbonyl (C=O) groups excluding carboxylic acids is 1. The van der Waals surface area contributed by atoms with Gasteiger partial charge in [-0.05, 0) is 43.7 Å². The van der Waals surface area contributed by atoms with Crippen LogP contribution in [0.5, 0.6) is 11.5 Å². The number of nitrogens with one attached hydrogen (secondary N) is 1. The summed E-state index contributed by atoms with van der Waals surface area (Å²) < 4.78 is 18.5. The lowest BCUT2D eigenvalue weighted by molar-refractivity contribution is 0.0357. The van der Waals surface area contributed by atoms with Crippen molar-refractivity contribution in [1.82, 2.24) is 19.7 Å². The summed E-state index contributed by atoms with van der Waals surface area (Å²) in [5, 5.41) is 11.3. The molecule has 1 aliphatic rings. The van der Waals surface area contributed by atoms with E-state index in [4.69, 9.17) is 19.9 Å². The number of nitrogen functional groups attached to an aromatic ring is 1. The number of hydrogen-bond acceptors (Lipinski definition) is 9. The van der Waals surface area contributed by atoms with Crippen molar-refractivity contribution in [2.45, 2.75) is 19.9 Å². The van der Waals surface area contributed by atoms with Crippen LogP contribution in [0.4, 0.5) is 11.6 Å². The number of benzene rings is 1. The molecule has 0 radical (unpaired) electrons. The maximum absolute atomic E-state index is 13.2. The van der Waals surface area contributed by atoms with Gasteiger partial charge in [-0.2, -0.15) is 0 Å². The molecule has 3 aromatic rings. The highest BCUT2D eigenvalue weighted by Gasteiger charge is 2.18. The van der Waals surface area contributed by atoms with Crippen LogP contribution in [-0.4, -0.2) is 72.1 Å². The third kappa shape index (κ3) is 5.52. The molecule has 1 saturated heterocycles. The predicted octanol–water partition coefficient (Wildman–Crippen LogP) is 1.76. The molecule has 0 atom stereocenters. The number of methoxy groups -OCH3 is 1. The van der Waals surface area contributed by atoms with Crippen molar-refractivity contribution in [3.8, 4) is 11.5 Å². The summed E-state index contributed by atoms with van der Waals surface area (Å²) in [6.07, 6.45) is 0.850. The Morgan fingerprint density at radius 2 is 1.97 bits per heavy atom. The highest BCUT2D eigenvalue weighted by Crippen LogP contribution is 2.35. The van der Waals surface area contributed by atoms with Gasteiger partial charge >= 0.3 is 0 Å². The van der Waals surface area contributed by atoms with Crippen molar-refractivity contribution in [2.24, 2.45) is 0 Å². The highest BCUT2D eigenvalue weighted by molar-refractivity contribution is 6.03. The molecule has 11 nitrogen and oxygen atoms in total. The van der Waals surface area contributed by atoms with Crippen LogP contribution in [0.15, 0.2) is 35.1 Å². The molecule has 1 aliphatic heterocycles. The molecule has 0 bridgehead atoms. The number of amides is 1. The van der Waals surface area contributed by atoms with Gasteiger partial charge in [0.1, 0.15) is 11.6 Å². The van der Waals surface area contributed by atoms with Gasteiger partial charge in [0.2, 0.25) is 0 Å². The lowest BCUT2D eigenvalue weighted by atomic mass is 10.1. The molecule has 0 saturated carbocycles. The molecule has 2 aromatic heterocycles. The van der Waals surface area contributed by atoms with E-state index in [1.54, 1.807) is 18.2 Å². The van der Waals surface area contributed by atoms with Crippen LogP contribution in [0.3, 0.4) is 0 Å². The van der Waals surface area contributed by atoms with Crippen molar-refractivity contribution in [2.75, 3.05) is 57.6 Å². The number of morpholine rings is 1. The molecule has 4 rings (SSSR count). The van der Waals surface area contributed by atoms with E-state index in [1.165, 1.54) is 23.8 Å². The van der Waals surface area contributed by atoms with Crippen LogP contribution < -0.4 is 26.1 Å². The number of fused-ring (bicyclic) bond motifs is 1. The summed E-state index contributed by atoms with van der Waals surface area (Å²) in [7, 11) is 1.53. The van der Waals surface area contributed by atoms with Crippen molar-refractivity contribution in [3.05, 3.63) is 46.4 Å². The summed E-state index contributed by atoms with van der Waals surface area (Å²) in [6, 6.07) is 8.14. The Balaban J connectivity index is 1.58. The smallest absolute Gasteiger partial charge is 0.277 e. The van der Waals surface area contributed by atoms with Gasteiger partial charge in [0.15, 0.2) is 17.2 Å². The zero-order valence-corrected chi connectivity index (χ0v) is 20.0. The summed E-state index contributed by atoms with van der Waals surface area (Å²) >= 11 is 0. The largest absolute Gasteiger partial charge is 0.492 e. The molecule has 35 heavy (non-hydrogen) atoms. The fraction of sp³-hybridized carbons (Fsp3) is 0.417. The van der Waals surface area contributed by atoms with E-state index in [2.05, 4.69) is 20.4 Å². The SMILES string of the molecule is CCn1c(NC(=O)c2ccc(N)nn2)cc2c(OC)c(OCCCN3CCOCC3)ccc2c1=O. The quantitative estimate of drug-likeness (QED) is 0.438. The molecule has 1 aromatic carbocycles. The van der Waals surface area contributed by atoms with Crippen molar-refractivity contribution in [1.29, 1.82) is 0 Å². The van der Waals surface area contributed by atoms with E-state index in [0.717, 1.165) is 39.3 Å². The number of nitrogens with zero attached hydrogens (tertiary/aromatic N) is 4. The van der Waals surface area contributed by atoms with E-state index >= 15 is 0 Å². The molecule has 1 amide bonds. The number of nitrogens with two attached hydrogens (primary N) is 1. The molecule has 0 spiro atoms. The first-order valence-electron chi connectivity index (χ1n) is 11.6. The van der Waals surface area contributed by atoms with E-state index in [0.29, 0.717) is 41.2 Å². The normalized spacial score (nSPS) is 14.1. The molecule has 186 valence electrons. The zero-order chi connectivity index (χ0) is 24.8. The number of hydrogen-bond donors (Lipinski definition) is 2. The standard InChI is InChI=1S/C24H30N6O5/c1-3-30-21(26-23(31)18-6-8-20(25)28-27-18)15-17-16(24(30)32)5-7-19(22(17)33-2)35-12-4-9-29-10-13-34-14-11-29/h5-8,15H,3-4,9-14H2,1-2H3,(H2,25,28)(H,26,31).